The maximum Gasteiger partial charge on any atom is 0.291 e. The van der Waals surface area contributed by atoms with Gasteiger partial charge in [-0.1, -0.05) is 0 Å². The van der Waals surface area contributed by atoms with Crippen LogP contribution in [0.15, 0.2) is 0 Å². The van der Waals surface area contributed by atoms with E-state index in [0.717, 1.165) is 0 Å². The lowest BCUT2D eigenvalue weighted by Crippen LogP contribution is -2.52. The van der Waals surface area contributed by atoms with Crippen molar-refractivity contribution in [2.24, 2.45) is 0 Å². The van der Waals surface area contributed by atoms with Crippen molar-refractivity contribution in [2.75, 3.05) is 6.61 Å². The average Bonchev–Trinajstić information content (AvgIpc) is 2.14. The molecule has 7 heteroatoms. The molecule has 0 aliphatic rings. The van der Waals surface area contributed by atoms with Gasteiger partial charge in [-0.25, -0.2) is 4.39 Å². The van der Waals surface area contributed by atoms with Crippen molar-refractivity contribution < 1.29 is 34.7 Å². The van der Waals surface area contributed by atoms with Gasteiger partial charge in [0.25, 0.3) is 5.85 Å². The number of carbonyl (C=O) groups excluding carboxylic acids is 1. The molecule has 3 unspecified atom stereocenters. The van der Waals surface area contributed by atoms with E-state index in [2.05, 4.69) is 0 Å². The highest BCUT2D eigenvalue weighted by atomic mass is 19.2. The molecule has 0 aromatic carbocycles. The maximum atomic E-state index is 12.5. The lowest BCUT2D eigenvalue weighted by atomic mass is 10.0. The summed E-state index contributed by atoms with van der Waals surface area (Å²) in [6.07, 6.45) is -7.11. The number of rotatable bonds is 5. The van der Waals surface area contributed by atoms with Crippen molar-refractivity contribution in [3.8, 4) is 0 Å². The average molecular weight is 198 g/mol. The fraction of sp³-hybridized carbons (Fsp3) is 0.833. The molecule has 0 saturated carbocycles. The van der Waals surface area contributed by atoms with Crippen LogP contribution in [0.2, 0.25) is 0 Å². The Kier molecular flexibility index (Phi) is 4.37. The summed E-state index contributed by atoms with van der Waals surface area (Å²) in [5.74, 6) is -3.64. The maximum absolute atomic E-state index is 12.5. The number of carbonyl (C=O) groups is 1. The van der Waals surface area contributed by atoms with Crippen molar-refractivity contribution in [3.63, 3.8) is 0 Å². The van der Waals surface area contributed by atoms with Crippen molar-refractivity contribution >= 4 is 6.29 Å². The molecule has 0 bridgehead atoms. The van der Waals surface area contributed by atoms with E-state index in [9.17, 15) is 9.18 Å². The third-order valence-electron chi connectivity index (χ3n) is 1.48. The second-order valence-electron chi connectivity index (χ2n) is 2.53. The van der Waals surface area contributed by atoms with Crippen LogP contribution in [0.25, 0.3) is 0 Å². The van der Waals surface area contributed by atoms with Crippen LogP contribution < -0.4 is 0 Å². The van der Waals surface area contributed by atoms with E-state index in [0.29, 0.717) is 0 Å². The second kappa shape index (κ2) is 4.58. The van der Waals surface area contributed by atoms with Gasteiger partial charge in [0, 0.05) is 0 Å². The molecule has 13 heavy (non-hydrogen) atoms. The van der Waals surface area contributed by atoms with Crippen molar-refractivity contribution in [1.29, 1.82) is 0 Å². The third kappa shape index (κ3) is 2.98. The Labute approximate surface area is 72.9 Å². The van der Waals surface area contributed by atoms with E-state index in [1.807, 2.05) is 0 Å². The summed E-state index contributed by atoms with van der Waals surface area (Å²) in [7, 11) is 0. The van der Waals surface area contributed by atoms with Gasteiger partial charge in [0.05, 0.1) is 6.61 Å². The smallest absolute Gasteiger partial charge is 0.291 e. The highest BCUT2D eigenvalue weighted by Crippen LogP contribution is 2.15. The topological polar surface area (TPSA) is 118 Å². The van der Waals surface area contributed by atoms with Gasteiger partial charge >= 0.3 is 0 Å². The Hall–Kier alpha value is -0.600. The molecular formula is C6H11FO6. The lowest BCUT2D eigenvalue weighted by molar-refractivity contribution is -0.205. The zero-order chi connectivity index (χ0) is 10.6. The van der Waals surface area contributed by atoms with Crippen LogP contribution in [0.4, 0.5) is 4.39 Å². The van der Waals surface area contributed by atoms with Gasteiger partial charge in [0.15, 0.2) is 6.29 Å². The summed E-state index contributed by atoms with van der Waals surface area (Å²) in [6.45, 7) is -0.937. The number of halogens is 1. The van der Waals surface area contributed by atoms with Gasteiger partial charge < -0.3 is 25.5 Å². The molecule has 0 rings (SSSR count). The fourth-order valence-corrected chi connectivity index (χ4v) is 0.628. The molecule has 0 spiro atoms. The van der Waals surface area contributed by atoms with E-state index in [4.69, 9.17) is 25.5 Å². The first-order valence-electron chi connectivity index (χ1n) is 3.39. The minimum atomic E-state index is -3.64. The summed E-state index contributed by atoms with van der Waals surface area (Å²) in [5.41, 5.74) is 0. The van der Waals surface area contributed by atoms with Gasteiger partial charge in [-0.2, -0.15) is 0 Å². The Morgan fingerprint density at radius 3 is 2.15 bits per heavy atom. The molecule has 0 aromatic rings. The number of aliphatic hydroxyl groups is 5. The Bertz CT molecular complexity index is 173. The van der Waals surface area contributed by atoms with E-state index in [-0.39, 0.29) is 0 Å². The highest BCUT2D eigenvalue weighted by Gasteiger charge is 2.42. The van der Waals surface area contributed by atoms with Crippen LogP contribution >= 0.6 is 0 Å². The minimum absolute atomic E-state index is 0.620. The summed E-state index contributed by atoms with van der Waals surface area (Å²) in [5, 5.41) is 43.1. The summed E-state index contributed by atoms with van der Waals surface area (Å²) in [4.78, 5) is 9.84. The van der Waals surface area contributed by atoms with Crippen LogP contribution in [-0.4, -0.2) is 62.6 Å². The molecule has 0 aromatic heterocycles. The first-order valence-corrected chi connectivity index (χ1v) is 3.39. The first kappa shape index (κ1) is 12.4. The van der Waals surface area contributed by atoms with Crippen molar-refractivity contribution in [2.45, 2.75) is 24.2 Å². The molecule has 0 fully saturated rings. The van der Waals surface area contributed by atoms with Gasteiger partial charge in [0.1, 0.15) is 18.3 Å². The van der Waals surface area contributed by atoms with Gasteiger partial charge in [-0.05, 0) is 0 Å². The predicted molar refractivity (Wildman–Crippen MR) is 37.2 cm³/mol. The van der Waals surface area contributed by atoms with Crippen LogP contribution in [0, 0.1) is 0 Å². The first-order chi connectivity index (χ1) is 5.86. The van der Waals surface area contributed by atoms with E-state index in [1.165, 1.54) is 0 Å². The van der Waals surface area contributed by atoms with Gasteiger partial charge in [-0.3, -0.25) is 4.79 Å². The molecule has 0 radical (unpaired) electrons. The Balaban J connectivity index is 4.40. The summed E-state index contributed by atoms with van der Waals surface area (Å²) >= 11 is 0. The molecule has 0 heterocycles. The molecule has 0 aliphatic heterocycles. The summed E-state index contributed by atoms with van der Waals surface area (Å²) in [6, 6.07) is 0. The lowest BCUT2D eigenvalue weighted by Gasteiger charge is -2.26. The van der Waals surface area contributed by atoms with Gasteiger partial charge in [-0.15, -0.1) is 0 Å². The summed E-state index contributed by atoms with van der Waals surface area (Å²) < 4.78 is 12.5. The Morgan fingerprint density at radius 2 is 1.85 bits per heavy atom. The van der Waals surface area contributed by atoms with Crippen LogP contribution in [-0.2, 0) is 4.79 Å². The molecule has 0 aliphatic carbocycles. The van der Waals surface area contributed by atoms with Crippen LogP contribution in [0.1, 0.15) is 0 Å². The van der Waals surface area contributed by atoms with E-state index in [1.54, 1.807) is 0 Å². The standard InChI is InChI=1S/C6H11FO6/c7-6(13,2-9)5(12)4(11)3(10)1-8/h2-5,8,10-13H,1H2/t3?,4?,5?,6-/m0/s1. The number of alkyl halides is 1. The molecular weight excluding hydrogens is 187 g/mol. The zero-order valence-corrected chi connectivity index (χ0v) is 6.54. The van der Waals surface area contributed by atoms with E-state index >= 15 is 0 Å². The second-order valence-corrected chi connectivity index (χ2v) is 2.53. The molecule has 4 atom stereocenters. The SMILES string of the molecule is O=C[C@@](O)(F)C(O)C(O)C(O)CO. The predicted octanol–water partition coefficient (Wildman–Crippen LogP) is -3.08. The quantitative estimate of drug-likeness (QED) is 0.299. The molecule has 5 N–H and O–H groups in total. The monoisotopic (exact) mass is 198 g/mol. The number of aldehydes is 1. The normalized spacial score (nSPS) is 22.9. The fourth-order valence-electron chi connectivity index (χ4n) is 0.628. The Morgan fingerprint density at radius 1 is 1.38 bits per heavy atom. The minimum Gasteiger partial charge on any atom is -0.394 e. The van der Waals surface area contributed by atoms with Gasteiger partial charge in [0.2, 0.25) is 0 Å². The molecule has 6 nitrogen and oxygen atoms in total. The number of hydrogen-bond donors (Lipinski definition) is 5. The van der Waals surface area contributed by atoms with Crippen molar-refractivity contribution in [3.05, 3.63) is 0 Å². The number of aliphatic hydroxyl groups excluding tert-OH is 4. The third-order valence-corrected chi connectivity index (χ3v) is 1.48. The zero-order valence-electron chi connectivity index (χ0n) is 6.54. The highest BCUT2D eigenvalue weighted by molar-refractivity contribution is 5.60. The van der Waals surface area contributed by atoms with Crippen LogP contribution in [0.5, 0.6) is 0 Å². The van der Waals surface area contributed by atoms with E-state index < -0.39 is 37.1 Å². The van der Waals surface area contributed by atoms with Crippen LogP contribution in [0.3, 0.4) is 0 Å². The molecule has 78 valence electrons. The number of hydrogen-bond acceptors (Lipinski definition) is 6. The van der Waals surface area contributed by atoms with Crippen molar-refractivity contribution in [1.82, 2.24) is 0 Å². The molecule has 0 amide bonds. The molecule has 0 saturated heterocycles. The largest absolute Gasteiger partial charge is 0.394 e.